The predicted octanol–water partition coefficient (Wildman–Crippen LogP) is 3.05. The van der Waals surface area contributed by atoms with Gasteiger partial charge in [0.15, 0.2) is 0 Å². The highest BCUT2D eigenvalue weighted by Crippen LogP contribution is 2.53. The Morgan fingerprint density at radius 1 is 0.923 bits per heavy atom. The Morgan fingerprint density at radius 3 is 2.31 bits per heavy atom. The van der Waals surface area contributed by atoms with Gasteiger partial charge in [-0.15, -0.1) is 0 Å². The van der Waals surface area contributed by atoms with E-state index in [9.17, 15) is 0 Å². The Hall–Kier alpha value is -0.0400. The quantitative estimate of drug-likeness (QED) is 0.601. The second-order valence-electron chi connectivity index (χ2n) is 5.34. The van der Waals surface area contributed by atoms with Crippen LogP contribution in [0.5, 0.6) is 0 Å². The molecule has 1 saturated heterocycles. The Bertz CT molecular complexity index is 170. The van der Waals surface area contributed by atoms with Crippen molar-refractivity contribution in [1.29, 1.82) is 0 Å². The highest BCUT2D eigenvalue weighted by Gasteiger charge is 2.42. The Labute approximate surface area is 82.5 Å². The summed E-state index contributed by atoms with van der Waals surface area (Å²) < 4.78 is 0. The van der Waals surface area contributed by atoms with Gasteiger partial charge in [0.05, 0.1) is 0 Å². The fourth-order valence-electron chi connectivity index (χ4n) is 2.63. The molecule has 2 aliphatic rings. The largest absolute Gasteiger partial charge is 0.301 e. The van der Waals surface area contributed by atoms with E-state index >= 15 is 0 Å². The summed E-state index contributed by atoms with van der Waals surface area (Å²) >= 11 is 0. The van der Waals surface area contributed by atoms with E-state index in [2.05, 4.69) is 18.7 Å². The first-order chi connectivity index (χ1) is 6.22. The zero-order valence-corrected chi connectivity index (χ0v) is 9.18. The molecule has 0 aromatic carbocycles. The van der Waals surface area contributed by atoms with E-state index < -0.39 is 0 Å². The zero-order chi connectivity index (χ0) is 9.31. The van der Waals surface area contributed by atoms with E-state index in [1.807, 2.05) is 0 Å². The van der Waals surface area contributed by atoms with Crippen LogP contribution in [0.2, 0.25) is 0 Å². The van der Waals surface area contributed by atoms with Gasteiger partial charge >= 0.3 is 0 Å². The maximum Gasteiger partial charge on any atom is 0.00385 e. The molecule has 1 saturated carbocycles. The molecule has 0 bridgehead atoms. The van der Waals surface area contributed by atoms with Gasteiger partial charge in [-0.2, -0.15) is 0 Å². The van der Waals surface area contributed by atoms with Gasteiger partial charge in [0, 0.05) is 6.04 Å². The number of hydrogen-bond acceptors (Lipinski definition) is 1. The molecule has 1 spiro atoms. The fraction of sp³-hybridized carbons (Fsp3) is 1.00. The molecule has 0 N–H and O–H groups in total. The van der Waals surface area contributed by atoms with Crippen molar-refractivity contribution in [1.82, 2.24) is 4.90 Å². The van der Waals surface area contributed by atoms with E-state index in [0.29, 0.717) is 0 Å². The lowest BCUT2D eigenvalue weighted by molar-refractivity contribution is 0.175. The van der Waals surface area contributed by atoms with E-state index in [4.69, 9.17) is 0 Å². The molecule has 76 valence electrons. The van der Waals surface area contributed by atoms with E-state index in [0.717, 1.165) is 11.5 Å². The van der Waals surface area contributed by atoms with E-state index in [1.165, 1.54) is 51.6 Å². The SMILES string of the molecule is CC(C)N1CCCCC2(CC1)CC2. The lowest BCUT2D eigenvalue weighted by atomic mass is 9.93. The number of likely N-dealkylation sites (tertiary alicyclic amines) is 1. The Morgan fingerprint density at radius 2 is 1.69 bits per heavy atom. The van der Waals surface area contributed by atoms with Gasteiger partial charge in [-0.3, -0.25) is 0 Å². The predicted molar refractivity (Wildman–Crippen MR) is 56.8 cm³/mol. The van der Waals surface area contributed by atoms with Gasteiger partial charge in [-0.25, -0.2) is 0 Å². The minimum atomic E-state index is 0.758. The van der Waals surface area contributed by atoms with Gasteiger partial charge in [0.2, 0.25) is 0 Å². The third-order valence-electron chi connectivity index (χ3n) is 4.02. The number of hydrogen-bond donors (Lipinski definition) is 0. The summed E-state index contributed by atoms with van der Waals surface area (Å²) in [7, 11) is 0. The first-order valence-corrected chi connectivity index (χ1v) is 5.96. The first-order valence-electron chi connectivity index (χ1n) is 5.96. The molecule has 1 nitrogen and oxygen atoms in total. The molecule has 13 heavy (non-hydrogen) atoms. The van der Waals surface area contributed by atoms with Crippen LogP contribution in [0.15, 0.2) is 0 Å². The van der Waals surface area contributed by atoms with Gasteiger partial charge in [-0.05, 0) is 64.5 Å². The van der Waals surface area contributed by atoms with Gasteiger partial charge in [-0.1, -0.05) is 6.42 Å². The van der Waals surface area contributed by atoms with Crippen molar-refractivity contribution in [3.63, 3.8) is 0 Å². The fourth-order valence-corrected chi connectivity index (χ4v) is 2.63. The Balaban J connectivity index is 1.88. The molecule has 0 amide bonds. The average Bonchev–Trinajstić information content (AvgIpc) is 2.78. The minimum absolute atomic E-state index is 0.758. The molecule has 0 aromatic heterocycles. The lowest BCUT2D eigenvalue weighted by Gasteiger charge is -2.31. The summed E-state index contributed by atoms with van der Waals surface area (Å²) in [4.78, 5) is 2.67. The smallest absolute Gasteiger partial charge is 0.00385 e. The summed E-state index contributed by atoms with van der Waals surface area (Å²) in [6.45, 7) is 7.37. The molecule has 2 rings (SSSR count). The zero-order valence-electron chi connectivity index (χ0n) is 9.18. The lowest BCUT2D eigenvalue weighted by Crippen LogP contribution is -2.35. The number of rotatable bonds is 1. The molecular weight excluding hydrogens is 158 g/mol. The molecular formula is C12H23N. The first kappa shape index (κ1) is 9.51. The van der Waals surface area contributed by atoms with Gasteiger partial charge in [0.1, 0.15) is 0 Å². The van der Waals surface area contributed by atoms with Crippen molar-refractivity contribution in [3.8, 4) is 0 Å². The minimum Gasteiger partial charge on any atom is -0.301 e. The molecule has 1 aliphatic heterocycles. The summed E-state index contributed by atoms with van der Waals surface area (Å²) in [5, 5.41) is 0. The summed E-state index contributed by atoms with van der Waals surface area (Å²) in [6, 6.07) is 0.758. The van der Waals surface area contributed by atoms with Crippen LogP contribution in [0.1, 0.15) is 52.4 Å². The van der Waals surface area contributed by atoms with E-state index in [-0.39, 0.29) is 0 Å². The highest BCUT2D eigenvalue weighted by atomic mass is 15.1. The highest BCUT2D eigenvalue weighted by molar-refractivity contribution is 4.94. The molecule has 1 heteroatoms. The standard InChI is InChI=1S/C12H23N/c1-11(2)13-9-4-3-5-12(6-7-12)8-10-13/h11H,3-10H2,1-2H3. The second-order valence-corrected chi connectivity index (χ2v) is 5.34. The molecule has 0 unspecified atom stereocenters. The normalized spacial score (nSPS) is 28.8. The summed E-state index contributed by atoms with van der Waals surface area (Å²) in [5.74, 6) is 0. The number of nitrogens with zero attached hydrogens (tertiary/aromatic N) is 1. The van der Waals surface area contributed by atoms with Crippen LogP contribution >= 0.6 is 0 Å². The third-order valence-corrected chi connectivity index (χ3v) is 4.02. The van der Waals surface area contributed by atoms with Gasteiger partial charge < -0.3 is 4.90 Å². The molecule has 0 atom stereocenters. The molecule has 1 heterocycles. The van der Waals surface area contributed by atoms with Crippen molar-refractivity contribution in [3.05, 3.63) is 0 Å². The Kier molecular flexibility index (Phi) is 2.64. The van der Waals surface area contributed by atoms with Crippen molar-refractivity contribution < 1.29 is 0 Å². The van der Waals surface area contributed by atoms with Crippen LogP contribution in [-0.2, 0) is 0 Å². The maximum atomic E-state index is 2.67. The van der Waals surface area contributed by atoms with Crippen LogP contribution in [0.3, 0.4) is 0 Å². The topological polar surface area (TPSA) is 3.24 Å². The summed E-state index contributed by atoms with van der Waals surface area (Å²) in [5.41, 5.74) is 0.827. The van der Waals surface area contributed by atoms with Gasteiger partial charge in [0.25, 0.3) is 0 Å². The molecule has 2 fully saturated rings. The van der Waals surface area contributed by atoms with Crippen LogP contribution in [0, 0.1) is 5.41 Å². The molecule has 0 radical (unpaired) electrons. The van der Waals surface area contributed by atoms with Crippen molar-refractivity contribution in [2.45, 2.75) is 58.4 Å². The average molecular weight is 181 g/mol. The van der Waals surface area contributed by atoms with Crippen molar-refractivity contribution in [2.24, 2.45) is 5.41 Å². The van der Waals surface area contributed by atoms with Crippen molar-refractivity contribution in [2.75, 3.05) is 13.1 Å². The van der Waals surface area contributed by atoms with Crippen LogP contribution in [-0.4, -0.2) is 24.0 Å². The molecule has 1 aliphatic carbocycles. The summed E-state index contributed by atoms with van der Waals surface area (Å²) in [6.07, 6.45) is 8.96. The van der Waals surface area contributed by atoms with E-state index in [1.54, 1.807) is 0 Å². The van der Waals surface area contributed by atoms with Crippen LogP contribution in [0.25, 0.3) is 0 Å². The van der Waals surface area contributed by atoms with Crippen LogP contribution in [0.4, 0.5) is 0 Å². The second kappa shape index (κ2) is 3.61. The monoisotopic (exact) mass is 181 g/mol. The molecule has 0 aromatic rings. The third kappa shape index (κ3) is 2.25. The van der Waals surface area contributed by atoms with Crippen molar-refractivity contribution >= 4 is 0 Å². The van der Waals surface area contributed by atoms with Crippen LogP contribution < -0.4 is 0 Å². The maximum absolute atomic E-state index is 2.67.